The Morgan fingerprint density at radius 2 is 0.816 bits per heavy atom. The Hall–Kier alpha value is -1.42. The van der Waals surface area contributed by atoms with E-state index in [9.17, 15) is 19.8 Å². The van der Waals surface area contributed by atoms with Gasteiger partial charge >= 0.3 is 59.1 Å². The number of carboxylic acids is 2. The van der Waals surface area contributed by atoms with Crippen LogP contribution in [0.3, 0.4) is 0 Å². The van der Waals surface area contributed by atoms with Crippen LogP contribution in [0, 0.1) is 0 Å². The molecule has 8 nitrogen and oxygen atoms in total. The first-order valence-electron chi connectivity index (χ1n) is 12.6. The van der Waals surface area contributed by atoms with E-state index >= 15 is 0 Å². The molecule has 0 saturated heterocycles. The molecule has 0 bridgehead atoms. The average molecular weight is 549 g/mol. The molecule has 0 aliphatic heterocycles. The minimum atomic E-state index is -0.967. The smallest absolute Gasteiger partial charge is 0.550 e. The van der Waals surface area contributed by atoms with Gasteiger partial charge in [0.05, 0.1) is 13.2 Å². The number of unbranched alkanes of at least 4 members (excludes halogenated alkanes) is 8. The summed E-state index contributed by atoms with van der Waals surface area (Å²) < 4.78 is 11.0. The normalized spacial score (nSPS) is 9.68. The molecule has 0 spiro atoms. The van der Waals surface area contributed by atoms with Crippen LogP contribution >= 0.6 is 0 Å². The molecule has 0 atom stereocenters. The molecule has 38 heavy (non-hydrogen) atoms. The predicted octanol–water partition coefficient (Wildman–Crippen LogP) is -2.27. The first kappa shape index (κ1) is 38.7. The van der Waals surface area contributed by atoms with Crippen LogP contribution in [0.15, 0.2) is 48.5 Å². The monoisotopic (exact) mass is 548 g/mol. The molecule has 0 aromatic heterocycles. The molecule has 0 amide bonds. The summed E-state index contributed by atoms with van der Waals surface area (Å²) in [6.45, 7) is 1.29. The van der Waals surface area contributed by atoms with Crippen molar-refractivity contribution >= 4 is 11.9 Å². The van der Waals surface area contributed by atoms with E-state index in [-0.39, 0.29) is 83.5 Å². The Bertz CT molecular complexity index is 773. The third-order valence-electron chi connectivity index (χ3n) is 5.26. The Morgan fingerprint density at radius 3 is 1.13 bits per heavy atom. The van der Waals surface area contributed by atoms with E-state index in [1.807, 2.05) is 0 Å². The van der Waals surface area contributed by atoms with Crippen LogP contribution in [-0.4, -0.2) is 35.4 Å². The zero-order chi connectivity index (χ0) is 26.4. The van der Waals surface area contributed by atoms with Gasteiger partial charge in [0.15, 0.2) is 0 Å². The Morgan fingerprint density at radius 1 is 0.526 bits per heavy atom. The van der Waals surface area contributed by atoms with Gasteiger partial charge in [-0.25, -0.2) is 0 Å². The summed E-state index contributed by atoms with van der Waals surface area (Å²) in [5.41, 5.74) is 0. The Kier molecular flexibility index (Phi) is 26.3. The molecule has 2 aromatic rings. The van der Waals surface area contributed by atoms with Gasteiger partial charge in [-0.1, -0.05) is 38.5 Å². The minimum Gasteiger partial charge on any atom is -0.550 e. The van der Waals surface area contributed by atoms with Gasteiger partial charge in [0.2, 0.25) is 0 Å². The maximum Gasteiger partial charge on any atom is 1.00 e. The molecule has 0 fully saturated rings. The van der Waals surface area contributed by atoms with Gasteiger partial charge in [0.25, 0.3) is 0 Å². The number of aliphatic carboxylic acids is 2. The van der Waals surface area contributed by atoms with Crippen molar-refractivity contribution in [1.82, 2.24) is 0 Å². The van der Waals surface area contributed by atoms with E-state index in [1.165, 1.54) is 0 Å². The molecule has 10 heteroatoms. The molecule has 0 aliphatic carbocycles. The topological polar surface area (TPSA) is 139 Å². The van der Waals surface area contributed by atoms with Gasteiger partial charge < -0.3 is 39.5 Å². The summed E-state index contributed by atoms with van der Waals surface area (Å²) in [7, 11) is 0. The van der Waals surface area contributed by atoms with Crippen LogP contribution in [-0.2, 0) is 9.59 Å². The first-order chi connectivity index (χ1) is 17.4. The summed E-state index contributed by atoms with van der Waals surface area (Å²) in [4.78, 5) is 20.3. The Balaban J connectivity index is 0. The van der Waals surface area contributed by atoms with E-state index in [0.717, 1.165) is 62.9 Å². The van der Waals surface area contributed by atoms with Gasteiger partial charge in [-0.3, -0.25) is 0 Å². The van der Waals surface area contributed by atoms with E-state index in [4.69, 9.17) is 19.7 Å². The number of carbonyl (C=O) groups excluding carboxylic acids is 2. The molecular formula is C28H38Na2O8. The van der Waals surface area contributed by atoms with E-state index < -0.39 is 11.9 Å². The summed E-state index contributed by atoms with van der Waals surface area (Å²) in [6.07, 6.45) is 9.56. The molecule has 2 N–H and O–H groups in total. The van der Waals surface area contributed by atoms with Gasteiger partial charge in [0.1, 0.15) is 23.0 Å². The number of carbonyl (C=O) groups is 2. The number of ether oxygens (including phenoxy) is 2. The van der Waals surface area contributed by atoms with Crippen molar-refractivity contribution in [2.24, 2.45) is 0 Å². The fourth-order valence-electron chi connectivity index (χ4n) is 3.27. The average Bonchev–Trinajstić information content (AvgIpc) is 2.85. The number of phenolic OH excluding ortho intramolecular Hbond substituents is 2. The number of phenols is 2. The SMILES string of the molecule is O=C([O-])CCCCCCCOc1ccc(O)cc1.O=C([O-])CCCCCCCOc1ccc(O)cc1.[Na+].[Na+]. The van der Waals surface area contributed by atoms with Crippen LogP contribution in [0.5, 0.6) is 23.0 Å². The van der Waals surface area contributed by atoms with Crippen molar-refractivity contribution in [2.45, 2.75) is 77.0 Å². The second kappa shape index (κ2) is 25.8. The third-order valence-corrected chi connectivity index (χ3v) is 5.26. The van der Waals surface area contributed by atoms with Crippen molar-refractivity contribution in [3.8, 4) is 23.0 Å². The zero-order valence-corrected chi connectivity index (χ0v) is 26.9. The number of benzene rings is 2. The molecule has 0 heterocycles. The molecule has 0 unspecified atom stereocenters. The molecule has 0 saturated carbocycles. The van der Waals surface area contributed by atoms with E-state index in [2.05, 4.69) is 0 Å². The number of rotatable bonds is 18. The minimum absolute atomic E-state index is 0. The van der Waals surface area contributed by atoms with Crippen LogP contribution in [0.4, 0.5) is 0 Å². The number of hydrogen-bond acceptors (Lipinski definition) is 8. The molecule has 0 radical (unpaired) electrons. The van der Waals surface area contributed by atoms with Gasteiger partial charge in [-0.15, -0.1) is 0 Å². The van der Waals surface area contributed by atoms with Gasteiger partial charge in [0, 0.05) is 11.9 Å². The zero-order valence-electron chi connectivity index (χ0n) is 22.9. The summed E-state index contributed by atoms with van der Waals surface area (Å²) >= 11 is 0. The van der Waals surface area contributed by atoms with E-state index in [1.54, 1.807) is 48.5 Å². The van der Waals surface area contributed by atoms with Crippen molar-refractivity contribution < 1.29 is 98.6 Å². The predicted molar refractivity (Wildman–Crippen MR) is 133 cm³/mol. The van der Waals surface area contributed by atoms with Crippen molar-refractivity contribution in [2.75, 3.05) is 13.2 Å². The third kappa shape index (κ3) is 23.7. The first-order valence-corrected chi connectivity index (χ1v) is 12.6. The number of hydrogen-bond donors (Lipinski definition) is 2. The van der Waals surface area contributed by atoms with Gasteiger partial charge in [-0.05, 0) is 87.1 Å². The standard InChI is InChI=1S/2C14H20O4.2Na/c2*15-12-7-9-13(10-8-12)18-11-5-3-1-2-4-6-14(16)17;;/h2*7-10,15H,1-6,11H2,(H,16,17);;/q;;2*+1/p-2. The summed E-state index contributed by atoms with van der Waals surface area (Å²) in [6, 6.07) is 13.3. The molecule has 2 rings (SSSR count). The molecule has 200 valence electrons. The number of carboxylic acid groups (broad SMARTS) is 2. The molecule has 0 aliphatic rings. The summed E-state index contributed by atoms with van der Waals surface area (Å²) in [5.74, 6) is 0.0383. The van der Waals surface area contributed by atoms with Crippen LogP contribution in [0.1, 0.15) is 77.0 Å². The maximum absolute atomic E-state index is 10.2. The fraction of sp³-hybridized carbons (Fsp3) is 0.500. The molecular weight excluding hydrogens is 510 g/mol. The Labute approximate surface area is 270 Å². The van der Waals surface area contributed by atoms with Crippen LogP contribution in [0.25, 0.3) is 0 Å². The second-order valence-corrected chi connectivity index (χ2v) is 8.46. The van der Waals surface area contributed by atoms with Crippen molar-refractivity contribution in [3.63, 3.8) is 0 Å². The van der Waals surface area contributed by atoms with Crippen molar-refractivity contribution in [1.29, 1.82) is 0 Å². The van der Waals surface area contributed by atoms with Gasteiger partial charge in [-0.2, -0.15) is 0 Å². The molecule has 2 aromatic carbocycles. The van der Waals surface area contributed by atoms with Crippen LogP contribution < -0.4 is 78.8 Å². The van der Waals surface area contributed by atoms with Crippen LogP contribution in [0.2, 0.25) is 0 Å². The maximum atomic E-state index is 10.2. The van der Waals surface area contributed by atoms with E-state index in [0.29, 0.717) is 26.1 Å². The quantitative estimate of drug-likeness (QED) is 0.157. The fourth-order valence-corrected chi connectivity index (χ4v) is 3.27. The largest absolute Gasteiger partial charge is 1.00 e. The second-order valence-electron chi connectivity index (χ2n) is 8.46. The van der Waals surface area contributed by atoms with Crippen molar-refractivity contribution in [3.05, 3.63) is 48.5 Å². The number of aromatic hydroxyl groups is 2. The summed E-state index contributed by atoms with van der Waals surface area (Å²) in [5, 5.41) is 38.5.